The largest absolute Gasteiger partial charge is 0.460 e. The Labute approximate surface area is 235 Å². The van der Waals surface area contributed by atoms with Crippen LogP contribution in [0.15, 0.2) is 96.5 Å². The fourth-order valence-electron chi connectivity index (χ4n) is 5.89. The summed E-state index contributed by atoms with van der Waals surface area (Å²) in [6, 6.07) is 17.4. The van der Waals surface area contributed by atoms with Crippen molar-refractivity contribution in [2.24, 2.45) is 0 Å². The normalized spacial score (nSPS) is 20.8. The fraction of sp³-hybridized carbons (Fsp3) is 0.333. The summed E-state index contributed by atoms with van der Waals surface area (Å²) >= 11 is 0. The Balaban J connectivity index is 1.08. The molecule has 0 aromatic heterocycles. The lowest BCUT2D eigenvalue weighted by Crippen LogP contribution is -2.54. The maximum Gasteiger partial charge on any atom is 0.258 e. The van der Waals surface area contributed by atoms with Gasteiger partial charge in [0, 0.05) is 50.4 Å². The van der Waals surface area contributed by atoms with Crippen LogP contribution < -0.4 is 4.90 Å². The zero-order chi connectivity index (χ0) is 27.3. The number of allylic oxidation sites excluding steroid dienone is 4. The third-order valence-electron chi connectivity index (χ3n) is 8.12. The highest BCUT2D eigenvalue weighted by atomic mass is 16.6. The average Bonchev–Trinajstić information content (AvgIpc) is 3.02. The van der Waals surface area contributed by atoms with Gasteiger partial charge in [-0.1, -0.05) is 42.0 Å². The van der Waals surface area contributed by atoms with Gasteiger partial charge in [-0.15, -0.1) is 0 Å². The standard InChI is InChI=1S/C33H34N4O3/c34-21-26-10-12-28(13-11-26)33(38)37-29(15-14-27-8-4-5-9-31(27)37)22-35-16-18-36(19-17-35)32-24-39-30(23-40-32)20-25-6-2-1-3-7-25/h1-2,4-6,8-13,23-24,29H,3,7,14-20,22H2. The van der Waals surface area contributed by atoms with Crippen LogP contribution in [0.2, 0.25) is 0 Å². The first-order chi connectivity index (χ1) is 19.7. The summed E-state index contributed by atoms with van der Waals surface area (Å²) in [4.78, 5) is 20.4. The molecule has 1 saturated heterocycles. The molecule has 7 nitrogen and oxygen atoms in total. The van der Waals surface area contributed by atoms with Crippen molar-refractivity contribution >= 4 is 11.6 Å². The number of nitriles is 1. The molecule has 1 atom stereocenters. The SMILES string of the molecule is N#Cc1ccc(C(=O)N2c3ccccc3CCC2CN2CCN(C3=COC(CC4=CC=CCC4)=CO3)CC2)cc1. The number of ether oxygens (including phenoxy) is 2. The number of hydrogen-bond donors (Lipinski definition) is 0. The van der Waals surface area contributed by atoms with Gasteiger partial charge in [0.25, 0.3) is 5.91 Å². The molecule has 3 heterocycles. The van der Waals surface area contributed by atoms with E-state index in [1.54, 1.807) is 36.8 Å². The molecule has 3 aliphatic heterocycles. The molecule has 1 fully saturated rings. The number of amides is 1. The lowest BCUT2D eigenvalue weighted by Gasteiger charge is -2.42. The smallest absolute Gasteiger partial charge is 0.258 e. The van der Waals surface area contributed by atoms with Crippen molar-refractivity contribution in [1.29, 1.82) is 5.26 Å². The summed E-state index contributed by atoms with van der Waals surface area (Å²) in [5.41, 5.74) is 4.72. The van der Waals surface area contributed by atoms with Crippen LogP contribution in [-0.4, -0.2) is 54.5 Å². The molecule has 0 spiro atoms. The average molecular weight is 535 g/mol. The van der Waals surface area contributed by atoms with Gasteiger partial charge in [0.1, 0.15) is 12.0 Å². The number of benzene rings is 2. The van der Waals surface area contributed by atoms with Crippen molar-refractivity contribution in [1.82, 2.24) is 9.80 Å². The Morgan fingerprint density at radius 1 is 0.975 bits per heavy atom. The number of carbonyl (C=O) groups excluding carboxylic acids is 1. The Morgan fingerprint density at radius 2 is 1.80 bits per heavy atom. The van der Waals surface area contributed by atoms with Gasteiger partial charge in [0.2, 0.25) is 5.88 Å². The van der Waals surface area contributed by atoms with E-state index >= 15 is 0 Å². The third-order valence-corrected chi connectivity index (χ3v) is 8.12. The molecule has 40 heavy (non-hydrogen) atoms. The van der Waals surface area contributed by atoms with Gasteiger partial charge in [-0.3, -0.25) is 9.69 Å². The summed E-state index contributed by atoms with van der Waals surface area (Å²) in [5, 5.41) is 9.17. The van der Waals surface area contributed by atoms with Crippen molar-refractivity contribution in [2.75, 3.05) is 37.6 Å². The molecule has 0 N–H and O–H groups in total. The van der Waals surface area contributed by atoms with Crippen LogP contribution in [0.4, 0.5) is 5.69 Å². The highest BCUT2D eigenvalue weighted by Crippen LogP contribution is 2.33. The number of fused-ring (bicyclic) bond motifs is 1. The number of aryl methyl sites for hydroxylation is 1. The van der Waals surface area contributed by atoms with E-state index in [0.717, 1.165) is 82.2 Å². The Bertz CT molecular complexity index is 1410. The molecule has 7 heteroatoms. The fourth-order valence-corrected chi connectivity index (χ4v) is 5.89. The van der Waals surface area contributed by atoms with E-state index in [1.807, 2.05) is 17.0 Å². The quantitative estimate of drug-likeness (QED) is 0.488. The van der Waals surface area contributed by atoms with E-state index in [-0.39, 0.29) is 11.9 Å². The van der Waals surface area contributed by atoms with Gasteiger partial charge in [0.15, 0.2) is 6.26 Å². The number of para-hydroxylation sites is 1. The van der Waals surface area contributed by atoms with Gasteiger partial charge < -0.3 is 19.3 Å². The predicted octanol–water partition coefficient (Wildman–Crippen LogP) is 5.49. The van der Waals surface area contributed by atoms with Crippen LogP contribution in [0.1, 0.15) is 47.2 Å². The van der Waals surface area contributed by atoms with Gasteiger partial charge >= 0.3 is 0 Å². The zero-order valence-corrected chi connectivity index (χ0v) is 22.7. The molecular weight excluding hydrogens is 500 g/mol. The highest BCUT2D eigenvalue weighted by Gasteiger charge is 2.34. The maximum absolute atomic E-state index is 13.8. The van der Waals surface area contributed by atoms with Crippen molar-refractivity contribution in [3.63, 3.8) is 0 Å². The summed E-state index contributed by atoms with van der Waals surface area (Å²) in [6.45, 7) is 4.25. The second-order valence-corrected chi connectivity index (χ2v) is 10.7. The summed E-state index contributed by atoms with van der Waals surface area (Å²) in [5.74, 6) is 1.58. The molecule has 6 rings (SSSR count). The second kappa shape index (κ2) is 11.8. The van der Waals surface area contributed by atoms with Crippen LogP contribution in [0.3, 0.4) is 0 Å². The second-order valence-electron chi connectivity index (χ2n) is 10.7. The Kier molecular flexibility index (Phi) is 7.69. The molecule has 1 unspecified atom stereocenters. The zero-order valence-electron chi connectivity index (χ0n) is 22.7. The molecule has 1 aliphatic carbocycles. The number of carbonyl (C=O) groups is 1. The van der Waals surface area contributed by atoms with E-state index in [9.17, 15) is 4.79 Å². The van der Waals surface area contributed by atoms with E-state index in [0.29, 0.717) is 11.1 Å². The first-order valence-electron chi connectivity index (χ1n) is 14.1. The molecule has 2 aromatic carbocycles. The van der Waals surface area contributed by atoms with Crippen LogP contribution >= 0.6 is 0 Å². The van der Waals surface area contributed by atoms with E-state index in [4.69, 9.17) is 14.7 Å². The van der Waals surface area contributed by atoms with E-state index < -0.39 is 0 Å². The molecule has 1 amide bonds. The molecule has 0 bridgehead atoms. The third kappa shape index (κ3) is 5.68. The van der Waals surface area contributed by atoms with Crippen molar-refractivity contribution in [3.05, 3.63) is 113 Å². The van der Waals surface area contributed by atoms with Gasteiger partial charge in [0.05, 0.1) is 17.7 Å². The summed E-state index contributed by atoms with van der Waals surface area (Å²) < 4.78 is 11.9. The predicted molar refractivity (Wildman–Crippen MR) is 154 cm³/mol. The maximum atomic E-state index is 13.8. The van der Waals surface area contributed by atoms with Gasteiger partial charge in [-0.2, -0.15) is 5.26 Å². The van der Waals surface area contributed by atoms with Crippen LogP contribution in [0.25, 0.3) is 0 Å². The topological polar surface area (TPSA) is 69.0 Å². The molecule has 4 aliphatic rings. The number of anilines is 1. The Hall–Kier alpha value is -4.28. The lowest BCUT2D eigenvalue weighted by atomic mass is 9.94. The minimum absolute atomic E-state index is 0.0132. The minimum Gasteiger partial charge on any atom is -0.460 e. The number of rotatable bonds is 6. The Morgan fingerprint density at radius 3 is 2.52 bits per heavy atom. The molecular formula is C33H34N4O3. The van der Waals surface area contributed by atoms with Crippen molar-refractivity contribution in [2.45, 2.75) is 38.1 Å². The van der Waals surface area contributed by atoms with E-state index in [1.165, 1.54) is 11.1 Å². The van der Waals surface area contributed by atoms with Crippen LogP contribution in [0, 0.1) is 11.3 Å². The van der Waals surface area contributed by atoms with Crippen molar-refractivity contribution in [3.8, 4) is 6.07 Å². The van der Waals surface area contributed by atoms with Crippen LogP contribution in [-0.2, 0) is 15.9 Å². The van der Waals surface area contributed by atoms with Crippen molar-refractivity contribution < 1.29 is 14.3 Å². The lowest BCUT2D eigenvalue weighted by molar-refractivity contribution is 0.0777. The highest BCUT2D eigenvalue weighted by molar-refractivity contribution is 6.07. The molecule has 204 valence electrons. The summed E-state index contributed by atoms with van der Waals surface area (Å²) in [7, 11) is 0. The number of hydrogen-bond acceptors (Lipinski definition) is 6. The number of nitrogens with zero attached hydrogens (tertiary/aromatic N) is 4. The van der Waals surface area contributed by atoms with Gasteiger partial charge in [-0.05, 0) is 61.6 Å². The molecule has 2 aromatic rings. The van der Waals surface area contributed by atoms with Crippen LogP contribution in [0.5, 0.6) is 0 Å². The van der Waals surface area contributed by atoms with E-state index in [2.05, 4.69) is 46.2 Å². The minimum atomic E-state index is -0.0132. The van der Waals surface area contributed by atoms with Gasteiger partial charge in [-0.25, -0.2) is 0 Å². The summed E-state index contributed by atoms with van der Waals surface area (Å²) in [6.07, 6.45) is 14.7. The first-order valence-corrected chi connectivity index (χ1v) is 14.1. The number of piperazine rings is 1. The first kappa shape index (κ1) is 26.0. The monoisotopic (exact) mass is 534 g/mol. The molecule has 0 radical (unpaired) electrons. The molecule has 0 saturated carbocycles.